The summed E-state index contributed by atoms with van der Waals surface area (Å²) >= 11 is 0. The van der Waals surface area contributed by atoms with E-state index in [0.29, 0.717) is 11.4 Å². The van der Waals surface area contributed by atoms with Crippen LogP contribution in [0, 0.1) is 0 Å². The van der Waals surface area contributed by atoms with E-state index in [2.05, 4.69) is 17.1 Å². The lowest BCUT2D eigenvalue weighted by atomic mass is 9.96. The predicted octanol–water partition coefficient (Wildman–Crippen LogP) is 2.08. The molecule has 2 heterocycles. The number of nitrogens with zero attached hydrogens (tertiary/aromatic N) is 1. The Bertz CT molecular complexity index is 594. The van der Waals surface area contributed by atoms with Crippen LogP contribution in [0.4, 0.5) is 0 Å². The van der Waals surface area contributed by atoms with E-state index in [4.69, 9.17) is 0 Å². The van der Waals surface area contributed by atoms with Gasteiger partial charge in [0, 0.05) is 17.7 Å². The Labute approximate surface area is 118 Å². The molecule has 2 aliphatic heterocycles. The van der Waals surface area contributed by atoms with Crippen molar-refractivity contribution < 1.29 is 9.59 Å². The van der Waals surface area contributed by atoms with Gasteiger partial charge in [-0.05, 0) is 38.8 Å². The fraction of sp³-hybridized carbons (Fsp3) is 0.375. The first-order valence-electron chi connectivity index (χ1n) is 6.94. The molecule has 1 N–H and O–H groups in total. The molecule has 0 unspecified atom stereocenters. The first-order valence-corrected chi connectivity index (χ1v) is 6.94. The SMILES string of the molecule is C[C@H]1CC[C@]2(C)C(=O)C=C(NC(=O)c3ccccc3)N12. The number of amides is 1. The lowest BCUT2D eigenvalue weighted by Crippen LogP contribution is -2.47. The van der Waals surface area contributed by atoms with Crippen molar-refractivity contribution in [3.05, 3.63) is 47.8 Å². The van der Waals surface area contributed by atoms with Gasteiger partial charge in [-0.15, -0.1) is 0 Å². The second-order valence-electron chi connectivity index (χ2n) is 5.75. The van der Waals surface area contributed by atoms with Gasteiger partial charge in [0.25, 0.3) is 5.91 Å². The maximum absolute atomic E-state index is 12.2. The van der Waals surface area contributed by atoms with E-state index >= 15 is 0 Å². The zero-order valence-electron chi connectivity index (χ0n) is 11.7. The molecule has 4 heteroatoms. The number of rotatable bonds is 2. The van der Waals surface area contributed by atoms with Crippen LogP contribution in [0.5, 0.6) is 0 Å². The molecule has 2 aliphatic rings. The van der Waals surface area contributed by atoms with Crippen molar-refractivity contribution >= 4 is 11.7 Å². The molecule has 104 valence electrons. The highest BCUT2D eigenvalue weighted by molar-refractivity contribution is 6.03. The summed E-state index contributed by atoms with van der Waals surface area (Å²) in [6.07, 6.45) is 3.38. The minimum Gasteiger partial charge on any atom is -0.342 e. The van der Waals surface area contributed by atoms with Crippen LogP contribution in [-0.2, 0) is 4.79 Å². The summed E-state index contributed by atoms with van der Waals surface area (Å²) < 4.78 is 0. The zero-order chi connectivity index (χ0) is 14.3. The Hall–Kier alpha value is -2.10. The monoisotopic (exact) mass is 270 g/mol. The van der Waals surface area contributed by atoms with Gasteiger partial charge in [-0.3, -0.25) is 9.59 Å². The highest BCUT2D eigenvalue weighted by Crippen LogP contribution is 2.41. The first-order chi connectivity index (χ1) is 9.52. The Morgan fingerprint density at radius 1 is 1.35 bits per heavy atom. The van der Waals surface area contributed by atoms with Crippen molar-refractivity contribution in [1.82, 2.24) is 10.2 Å². The molecule has 0 radical (unpaired) electrons. The van der Waals surface area contributed by atoms with Crippen LogP contribution in [0.2, 0.25) is 0 Å². The molecule has 1 aromatic carbocycles. The molecule has 2 atom stereocenters. The molecule has 0 aromatic heterocycles. The molecular weight excluding hydrogens is 252 g/mol. The zero-order valence-corrected chi connectivity index (χ0v) is 11.7. The normalized spacial score (nSPS) is 28.3. The maximum atomic E-state index is 12.2. The number of carbonyl (C=O) groups is 2. The van der Waals surface area contributed by atoms with Crippen LogP contribution in [0.25, 0.3) is 0 Å². The van der Waals surface area contributed by atoms with Crippen LogP contribution in [-0.4, -0.2) is 28.2 Å². The third-order valence-corrected chi connectivity index (χ3v) is 4.36. The summed E-state index contributed by atoms with van der Waals surface area (Å²) in [5.41, 5.74) is 0.125. The highest BCUT2D eigenvalue weighted by atomic mass is 16.2. The molecule has 1 amide bonds. The fourth-order valence-electron chi connectivity index (χ4n) is 3.19. The van der Waals surface area contributed by atoms with Crippen molar-refractivity contribution in [2.24, 2.45) is 0 Å². The summed E-state index contributed by atoms with van der Waals surface area (Å²) in [6.45, 7) is 4.05. The van der Waals surface area contributed by atoms with Crippen molar-refractivity contribution in [1.29, 1.82) is 0 Å². The number of nitrogens with one attached hydrogen (secondary N) is 1. The Morgan fingerprint density at radius 3 is 2.75 bits per heavy atom. The molecule has 20 heavy (non-hydrogen) atoms. The van der Waals surface area contributed by atoms with Crippen LogP contribution in [0.1, 0.15) is 37.0 Å². The van der Waals surface area contributed by atoms with Gasteiger partial charge >= 0.3 is 0 Å². The van der Waals surface area contributed by atoms with Crippen molar-refractivity contribution in [2.75, 3.05) is 0 Å². The molecule has 0 spiro atoms. The third kappa shape index (κ3) is 1.83. The number of fused-ring (bicyclic) bond motifs is 1. The summed E-state index contributed by atoms with van der Waals surface area (Å²) in [5, 5.41) is 2.88. The standard InChI is InChI=1S/C16H18N2O2/c1-11-8-9-16(2)13(19)10-14(18(11)16)17-15(20)12-6-4-3-5-7-12/h3-7,10-11H,8-9H2,1-2H3,(H,17,20)/t11-,16+/m0/s1. The van der Waals surface area contributed by atoms with Gasteiger partial charge in [-0.1, -0.05) is 18.2 Å². The topological polar surface area (TPSA) is 49.4 Å². The van der Waals surface area contributed by atoms with E-state index in [0.717, 1.165) is 12.8 Å². The molecule has 0 bridgehead atoms. The molecule has 1 aromatic rings. The van der Waals surface area contributed by atoms with Crippen LogP contribution in [0.3, 0.4) is 0 Å². The Balaban J connectivity index is 1.83. The molecule has 0 aliphatic carbocycles. The van der Waals surface area contributed by atoms with Crippen LogP contribution in [0.15, 0.2) is 42.2 Å². The fourth-order valence-corrected chi connectivity index (χ4v) is 3.19. The summed E-state index contributed by atoms with van der Waals surface area (Å²) in [5.74, 6) is 0.551. The van der Waals surface area contributed by atoms with Gasteiger partial charge in [0.15, 0.2) is 5.78 Å². The van der Waals surface area contributed by atoms with Crippen molar-refractivity contribution in [3.8, 4) is 0 Å². The molecule has 1 saturated heterocycles. The lowest BCUT2D eigenvalue weighted by Gasteiger charge is -2.33. The molecule has 4 nitrogen and oxygen atoms in total. The van der Waals surface area contributed by atoms with Gasteiger partial charge in [-0.25, -0.2) is 0 Å². The molecule has 1 fully saturated rings. The van der Waals surface area contributed by atoms with E-state index in [1.54, 1.807) is 18.2 Å². The number of ketones is 1. The first kappa shape index (κ1) is 12.9. The second kappa shape index (κ2) is 4.47. The third-order valence-electron chi connectivity index (χ3n) is 4.36. The summed E-state index contributed by atoms with van der Waals surface area (Å²) in [6, 6.07) is 9.32. The highest BCUT2D eigenvalue weighted by Gasteiger charge is 2.50. The van der Waals surface area contributed by atoms with E-state index in [1.807, 2.05) is 25.1 Å². The van der Waals surface area contributed by atoms with Gasteiger partial charge < -0.3 is 10.2 Å². The number of carbonyl (C=O) groups excluding carboxylic acids is 2. The molecular formula is C16H18N2O2. The average Bonchev–Trinajstić information content (AvgIpc) is 2.88. The minimum atomic E-state index is -0.473. The van der Waals surface area contributed by atoms with Gasteiger partial charge in [0.05, 0.1) is 0 Å². The predicted molar refractivity (Wildman–Crippen MR) is 75.9 cm³/mol. The molecule has 3 rings (SSSR count). The van der Waals surface area contributed by atoms with Crippen LogP contribution >= 0.6 is 0 Å². The number of hydrogen-bond acceptors (Lipinski definition) is 3. The summed E-state index contributed by atoms with van der Waals surface area (Å²) in [7, 11) is 0. The van der Waals surface area contributed by atoms with E-state index in [-0.39, 0.29) is 17.7 Å². The second-order valence-corrected chi connectivity index (χ2v) is 5.75. The largest absolute Gasteiger partial charge is 0.342 e. The Morgan fingerprint density at radius 2 is 2.05 bits per heavy atom. The van der Waals surface area contributed by atoms with Crippen molar-refractivity contribution in [3.63, 3.8) is 0 Å². The Kier molecular flexibility index (Phi) is 2.89. The quantitative estimate of drug-likeness (QED) is 0.895. The maximum Gasteiger partial charge on any atom is 0.256 e. The average molecular weight is 270 g/mol. The number of benzene rings is 1. The minimum absolute atomic E-state index is 0.0882. The van der Waals surface area contributed by atoms with Gasteiger partial charge in [0.2, 0.25) is 0 Å². The number of hydrogen-bond donors (Lipinski definition) is 1. The van der Waals surface area contributed by atoms with Gasteiger partial charge in [-0.2, -0.15) is 0 Å². The van der Waals surface area contributed by atoms with E-state index in [9.17, 15) is 9.59 Å². The molecule has 0 saturated carbocycles. The van der Waals surface area contributed by atoms with Crippen LogP contribution < -0.4 is 5.32 Å². The lowest BCUT2D eigenvalue weighted by molar-refractivity contribution is -0.121. The van der Waals surface area contributed by atoms with E-state index < -0.39 is 5.54 Å². The van der Waals surface area contributed by atoms with Gasteiger partial charge in [0.1, 0.15) is 11.4 Å². The summed E-state index contributed by atoms with van der Waals surface area (Å²) in [4.78, 5) is 26.5. The van der Waals surface area contributed by atoms with E-state index in [1.165, 1.54) is 0 Å². The van der Waals surface area contributed by atoms with Crippen molar-refractivity contribution in [2.45, 2.75) is 38.3 Å². The smallest absolute Gasteiger partial charge is 0.256 e.